The first-order valence-corrected chi connectivity index (χ1v) is 13.5. The van der Waals surface area contributed by atoms with Gasteiger partial charge in [-0.25, -0.2) is 0 Å². The van der Waals surface area contributed by atoms with Crippen LogP contribution in [0.4, 0.5) is 0 Å². The van der Waals surface area contributed by atoms with Gasteiger partial charge < -0.3 is 29.5 Å². The smallest absolute Gasteiger partial charge is 0.209 e. The largest absolute Gasteiger partial charge is 0.494 e. The number of hydrogen-bond donors (Lipinski definition) is 3. The predicted octanol–water partition coefficient (Wildman–Crippen LogP) is 4.94. The lowest BCUT2D eigenvalue weighted by atomic mass is 9.76. The van der Waals surface area contributed by atoms with Gasteiger partial charge in [0.15, 0.2) is 17.1 Å². The number of nitriles is 1. The van der Waals surface area contributed by atoms with Crippen molar-refractivity contribution in [2.45, 2.75) is 56.5 Å². The number of fused-ring (bicyclic) bond motifs is 7. The zero-order valence-corrected chi connectivity index (χ0v) is 22.8. The number of benzene rings is 3. The molecule has 0 radical (unpaired) electrons. The molecule has 0 amide bonds. The first kappa shape index (κ1) is 25.4. The van der Waals surface area contributed by atoms with Crippen molar-refractivity contribution in [1.82, 2.24) is 4.57 Å². The second-order valence-electron chi connectivity index (χ2n) is 11.6. The van der Waals surface area contributed by atoms with Crippen molar-refractivity contribution in [3.05, 3.63) is 76.9 Å². The molecule has 3 aliphatic heterocycles. The molecule has 41 heavy (non-hydrogen) atoms. The molecule has 1 saturated heterocycles. The van der Waals surface area contributed by atoms with Gasteiger partial charge in [0, 0.05) is 23.6 Å². The molecular formula is C32H28N2O7. The summed E-state index contributed by atoms with van der Waals surface area (Å²) in [6.45, 7) is 5.26. The van der Waals surface area contributed by atoms with Crippen LogP contribution in [0.15, 0.2) is 54.6 Å². The van der Waals surface area contributed by atoms with Crippen LogP contribution in [0.2, 0.25) is 0 Å². The van der Waals surface area contributed by atoms with Crippen LogP contribution in [0.5, 0.6) is 23.3 Å². The summed E-state index contributed by atoms with van der Waals surface area (Å²) in [7, 11) is 0. The Bertz CT molecular complexity index is 1830. The molecule has 0 aliphatic carbocycles. The van der Waals surface area contributed by atoms with Gasteiger partial charge in [0.2, 0.25) is 17.5 Å². The van der Waals surface area contributed by atoms with E-state index in [2.05, 4.69) is 6.07 Å². The topological polar surface area (TPSA) is 134 Å². The lowest BCUT2D eigenvalue weighted by Gasteiger charge is -2.27. The molecular weight excluding hydrogens is 524 g/mol. The quantitative estimate of drug-likeness (QED) is 0.317. The molecule has 0 spiro atoms. The van der Waals surface area contributed by atoms with Gasteiger partial charge in [-0.1, -0.05) is 30.3 Å². The van der Waals surface area contributed by atoms with E-state index >= 15 is 0 Å². The minimum atomic E-state index is -1.25. The Hall–Kier alpha value is -4.52. The Balaban J connectivity index is 1.28. The predicted molar refractivity (Wildman–Crippen MR) is 148 cm³/mol. The van der Waals surface area contributed by atoms with Gasteiger partial charge in [-0.2, -0.15) is 5.26 Å². The summed E-state index contributed by atoms with van der Waals surface area (Å²) >= 11 is 0. The summed E-state index contributed by atoms with van der Waals surface area (Å²) in [5.74, 6) is 0.271. The second kappa shape index (κ2) is 8.26. The molecule has 3 aromatic carbocycles. The van der Waals surface area contributed by atoms with Gasteiger partial charge in [0.25, 0.3) is 0 Å². The fraction of sp³-hybridized carbons (Fsp3) is 0.312. The van der Waals surface area contributed by atoms with Gasteiger partial charge in [-0.15, -0.1) is 0 Å². The van der Waals surface area contributed by atoms with Crippen molar-refractivity contribution >= 4 is 16.6 Å². The molecule has 1 fully saturated rings. The fourth-order valence-corrected chi connectivity index (χ4v) is 6.79. The summed E-state index contributed by atoms with van der Waals surface area (Å²) in [6, 6.07) is 18.0. The van der Waals surface area contributed by atoms with Crippen LogP contribution in [-0.2, 0) is 15.9 Å². The second-order valence-corrected chi connectivity index (χ2v) is 11.6. The standard InChI is InChI=1S/C32H28N2O7/c1-30(2)27(36)20-9-6-10-22(26(20)40-30)39-14-13-32-15-23(35)31(3,41-32)24-25(32)29(38)34(28(24)37)21-12-11-17(16-33)18-7-4-5-8-19(18)21/h4-12,23,35,37-38H,13-15H2,1-3H3/t23-,31-,32+/m0/s1. The third kappa shape index (κ3) is 3.26. The van der Waals surface area contributed by atoms with E-state index in [0.29, 0.717) is 50.2 Å². The maximum absolute atomic E-state index is 12.7. The van der Waals surface area contributed by atoms with Crippen LogP contribution in [0.1, 0.15) is 60.7 Å². The molecule has 3 atom stereocenters. The van der Waals surface area contributed by atoms with E-state index in [9.17, 15) is 25.4 Å². The molecule has 9 nitrogen and oxygen atoms in total. The minimum absolute atomic E-state index is 0.118. The van der Waals surface area contributed by atoms with E-state index in [1.54, 1.807) is 51.1 Å². The number of aromatic hydroxyl groups is 2. The van der Waals surface area contributed by atoms with E-state index in [4.69, 9.17) is 14.2 Å². The first-order valence-electron chi connectivity index (χ1n) is 13.5. The first-order chi connectivity index (χ1) is 19.5. The summed E-state index contributed by atoms with van der Waals surface area (Å²) in [4.78, 5) is 12.7. The highest BCUT2D eigenvalue weighted by molar-refractivity contribution is 6.07. The van der Waals surface area contributed by atoms with E-state index in [-0.39, 0.29) is 37.0 Å². The number of carbonyl (C=O) groups excluding carboxylic acids is 1. The molecule has 208 valence electrons. The monoisotopic (exact) mass is 552 g/mol. The molecule has 9 heteroatoms. The molecule has 4 aromatic rings. The number of carbonyl (C=O) groups is 1. The van der Waals surface area contributed by atoms with E-state index in [0.717, 1.165) is 0 Å². The average molecular weight is 553 g/mol. The van der Waals surface area contributed by atoms with Crippen LogP contribution >= 0.6 is 0 Å². The Kier molecular flexibility index (Phi) is 5.12. The zero-order valence-electron chi connectivity index (χ0n) is 22.8. The van der Waals surface area contributed by atoms with Crippen LogP contribution < -0.4 is 9.47 Å². The molecule has 2 bridgehead atoms. The van der Waals surface area contributed by atoms with Gasteiger partial charge in [0.1, 0.15) is 11.2 Å². The number of aliphatic hydroxyl groups is 1. The van der Waals surface area contributed by atoms with E-state index < -0.39 is 22.9 Å². The number of ketones is 1. The Morgan fingerprint density at radius 3 is 2.51 bits per heavy atom. The number of para-hydroxylation sites is 1. The zero-order chi connectivity index (χ0) is 28.9. The molecule has 0 saturated carbocycles. The SMILES string of the molecule is CC1(C)Oc2c(OCC[C@]34C[C@H](O)[C@](C)(O3)c3c4c(O)n(-c4ccc(C#N)c5ccccc45)c3O)cccc2C1=O. The summed E-state index contributed by atoms with van der Waals surface area (Å²) in [5, 5.41) is 45.3. The van der Waals surface area contributed by atoms with Crippen molar-refractivity contribution < 1.29 is 34.3 Å². The van der Waals surface area contributed by atoms with E-state index in [1.807, 2.05) is 24.3 Å². The highest BCUT2D eigenvalue weighted by Crippen LogP contribution is 2.65. The summed E-state index contributed by atoms with van der Waals surface area (Å²) < 4.78 is 19.8. The number of ether oxygens (including phenoxy) is 3. The van der Waals surface area contributed by atoms with Crippen LogP contribution in [-0.4, -0.2) is 44.0 Å². The number of hydrogen-bond acceptors (Lipinski definition) is 8. The van der Waals surface area contributed by atoms with E-state index in [1.165, 1.54) is 4.57 Å². The third-order valence-corrected chi connectivity index (χ3v) is 8.79. The summed E-state index contributed by atoms with van der Waals surface area (Å²) in [6.07, 6.45) is -0.491. The Labute approximate surface area is 235 Å². The maximum atomic E-state index is 12.7. The number of rotatable bonds is 5. The van der Waals surface area contributed by atoms with Crippen molar-refractivity contribution in [1.29, 1.82) is 5.26 Å². The van der Waals surface area contributed by atoms with Crippen molar-refractivity contribution in [2.75, 3.05) is 6.61 Å². The minimum Gasteiger partial charge on any atom is -0.494 e. The fourth-order valence-electron chi connectivity index (χ4n) is 6.79. The molecule has 3 aliphatic rings. The number of aromatic nitrogens is 1. The van der Waals surface area contributed by atoms with Crippen LogP contribution in [0, 0.1) is 11.3 Å². The number of Topliss-reactive ketones (excluding diaryl/α,β-unsaturated/α-hetero) is 1. The Morgan fingerprint density at radius 1 is 1.02 bits per heavy atom. The van der Waals surface area contributed by atoms with Crippen molar-refractivity contribution in [3.63, 3.8) is 0 Å². The lowest BCUT2D eigenvalue weighted by Crippen LogP contribution is -2.33. The summed E-state index contributed by atoms with van der Waals surface area (Å²) in [5.41, 5.74) is -1.19. The lowest BCUT2D eigenvalue weighted by molar-refractivity contribution is -0.107. The highest BCUT2D eigenvalue weighted by atomic mass is 16.6. The number of nitrogens with zero attached hydrogens (tertiary/aromatic N) is 2. The average Bonchev–Trinajstić information content (AvgIpc) is 3.56. The van der Waals surface area contributed by atoms with Crippen molar-refractivity contribution in [2.24, 2.45) is 0 Å². The highest BCUT2D eigenvalue weighted by Gasteiger charge is 2.66. The van der Waals surface area contributed by atoms with Gasteiger partial charge in [0.05, 0.1) is 46.7 Å². The van der Waals surface area contributed by atoms with Crippen LogP contribution in [0.25, 0.3) is 16.5 Å². The molecule has 7 rings (SSSR count). The normalized spacial score (nSPS) is 25.1. The van der Waals surface area contributed by atoms with Gasteiger partial charge in [-0.05, 0) is 45.0 Å². The third-order valence-electron chi connectivity index (χ3n) is 8.79. The maximum Gasteiger partial charge on any atom is 0.209 e. The Morgan fingerprint density at radius 2 is 1.76 bits per heavy atom. The van der Waals surface area contributed by atoms with Gasteiger partial charge in [-0.3, -0.25) is 9.36 Å². The van der Waals surface area contributed by atoms with Crippen LogP contribution in [0.3, 0.4) is 0 Å². The molecule has 3 N–H and O–H groups in total. The number of aliphatic hydroxyl groups excluding tert-OH is 1. The van der Waals surface area contributed by atoms with Gasteiger partial charge >= 0.3 is 0 Å². The molecule has 0 unspecified atom stereocenters. The molecule has 4 heterocycles. The molecule has 1 aromatic heterocycles. The van der Waals surface area contributed by atoms with Crippen molar-refractivity contribution in [3.8, 4) is 35.0 Å².